The van der Waals surface area contributed by atoms with Crippen LogP contribution in [0.5, 0.6) is 0 Å². The molecule has 118 valence electrons. The summed E-state index contributed by atoms with van der Waals surface area (Å²) in [6, 6.07) is 20.0. The summed E-state index contributed by atoms with van der Waals surface area (Å²) in [5.74, 6) is 0. The van der Waals surface area contributed by atoms with Gasteiger partial charge in [0.25, 0.3) is 0 Å². The number of amides is 1. The van der Waals surface area contributed by atoms with Crippen molar-refractivity contribution in [3.63, 3.8) is 0 Å². The molecular formula is C20H21NO2. The number of nitrogens with zero attached hydrogens (tertiary/aromatic N) is 1. The van der Waals surface area contributed by atoms with E-state index in [9.17, 15) is 4.79 Å². The number of rotatable bonds is 4. The third-order valence-corrected chi connectivity index (χ3v) is 4.30. The summed E-state index contributed by atoms with van der Waals surface area (Å²) in [5.41, 5.74) is 2.14. The fourth-order valence-electron chi connectivity index (χ4n) is 3.13. The molecule has 1 aliphatic heterocycles. The average Bonchev–Trinajstić information content (AvgIpc) is 3.05. The van der Waals surface area contributed by atoms with E-state index in [0.717, 1.165) is 24.0 Å². The molecule has 0 spiro atoms. The van der Waals surface area contributed by atoms with Gasteiger partial charge in [-0.25, -0.2) is 4.79 Å². The number of ether oxygens (including phenoxy) is 1. The van der Waals surface area contributed by atoms with Crippen LogP contribution in [0.3, 0.4) is 0 Å². The second kappa shape index (κ2) is 7.14. The van der Waals surface area contributed by atoms with E-state index in [1.165, 1.54) is 0 Å². The molecular weight excluding hydrogens is 286 g/mol. The Labute approximate surface area is 137 Å². The van der Waals surface area contributed by atoms with Gasteiger partial charge in [0, 0.05) is 0 Å². The van der Waals surface area contributed by atoms with Gasteiger partial charge in [-0.05, 0) is 24.0 Å². The number of hydrogen-bond acceptors (Lipinski definition) is 2. The van der Waals surface area contributed by atoms with Gasteiger partial charge < -0.3 is 4.74 Å². The van der Waals surface area contributed by atoms with Gasteiger partial charge in [-0.2, -0.15) is 0 Å². The number of hydrogen-bond donors (Lipinski definition) is 0. The normalized spacial score (nSPS) is 20.3. The minimum absolute atomic E-state index is 0.0310. The highest BCUT2D eigenvalue weighted by molar-refractivity contribution is 5.69. The molecule has 2 atom stereocenters. The summed E-state index contributed by atoms with van der Waals surface area (Å²) < 4.78 is 5.54. The molecule has 0 radical (unpaired) electrons. The second-order valence-corrected chi connectivity index (χ2v) is 5.75. The molecule has 0 unspecified atom stereocenters. The second-order valence-electron chi connectivity index (χ2n) is 5.75. The van der Waals surface area contributed by atoms with Crippen LogP contribution in [-0.4, -0.2) is 17.0 Å². The molecule has 1 saturated heterocycles. The molecule has 2 aromatic rings. The number of carbonyl (C=O) groups excluding carboxylic acids is 1. The first-order chi connectivity index (χ1) is 11.3. The van der Waals surface area contributed by atoms with Crippen LogP contribution in [0.4, 0.5) is 4.79 Å². The number of carbonyl (C=O) groups is 1. The highest BCUT2D eigenvalue weighted by Gasteiger charge is 2.37. The minimum atomic E-state index is -0.273. The topological polar surface area (TPSA) is 29.5 Å². The molecule has 3 heteroatoms. The number of likely N-dealkylation sites (tertiary alicyclic amines) is 1. The van der Waals surface area contributed by atoms with Gasteiger partial charge in [-0.1, -0.05) is 66.7 Å². The maximum atomic E-state index is 12.6. The molecule has 1 fully saturated rings. The summed E-state index contributed by atoms with van der Waals surface area (Å²) in [5, 5.41) is 0. The van der Waals surface area contributed by atoms with Crippen molar-refractivity contribution < 1.29 is 9.53 Å². The van der Waals surface area contributed by atoms with Crippen LogP contribution < -0.4 is 0 Å². The van der Waals surface area contributed by atoms with Gasteiger partial charge in [-0.15, -0.1) is 6.58 Å². The van der Waals surface area contributed by atoms with E-state index in [1.54, 1.807) is 0 Å². The van der Waals surface area contributed by atoms with E-state index < -0.39 is 0 Å². The third-order valence-electron chi connectivity index (χ3n) is 4.30. The quantitative estimate of drug-likeness (QED) is 0.765. The lowest BCUT2D eigenvalue weighted by Gasteiger charge is -2.28. The van der Waals surface area contributed by atoms with Crippen molar-refractivity contribution in [2.45, 2.75) is 31.5 Å². The maximum Gasteiger partial charge on any atom is 0.411 e. The van der Waals surface area contributed by atoms with Crippen LogP contribution in [0.2, 0.25) is 0 Å². The van der Waals surface area contributed by atoms with Crippen LogP contribution in [0.25, 0.3) is 0 Å². The van der Waals surface area contributed by atoms with Gasteiger partial charge in [0.2, 0.25) is 0 Å². The molecule has 1 heterocycles. The molecule has 3 rings (SSSR count). The van der Waals surface area contributed by atoms with Crippen molar-refractivity contribution in [3.8, 4) is 0 Å². The van der Waals surface area contributed by atoms with Gasteiger partial charge >= 0.3 is 6.09 Å². The van der Waals surface area contributed by atoms with Gasteiger partial charge in [0.05, 0.1) is 12.1 Å². The smallest absolute Gasteiger partial charge is 0.411 e. The van der Waals surface area contributed by atoms with Crippen molar-refractivity contribution in [3.05, 3.63) is 84.4 Å². The molecule has 0 N–H and O–H groups in total. The van der Waals surface area contributed by atoms with Crippen LogP contribution in [0, 0.1) is 0 Å². The predicted molar refractivity (Wildman–Crippen MR) is 90.9 cm³/mol. The van der Waals surface area contributed by atoms with E-state index in [1.807, 2.05) is 59.5 Å². The first-order valence-electron chi connectivity index (χ1n) is 7.96. The average molecular weight is 307 g/mol. The summed E-state index contributed by atoms with van der Waals surface area (Å²) in [4.78, 5) is 14.5. The Morgan fingerprint density at radius 2 is 1.74 bits per heavy atom. The molecule has 0 aliphatic carbocycles. The van der Waals surface area contributed by atoms with E-state index >= 15 is 0 Å². The minimum Gasteiger partial charge on any atom is -0.445 e. The highest BCUT2D eigenvalue weighted by atomic mass is 16.6. The van der Waals surface area contributed by atoms with Crippen molar-refractivity contribution in [1.29, 1.82) is 0 Å². The van der Waals surface area contributed by atoms with Crippen LogP contribution in [-0.2, 0) is 11.3 Å². The zero-order chi connectivity index (χ0) is 16.1. The SMILES string of the molecule is C=C[C@H]1CC[C@H](c2ccccc2)N1C(=O)OCc1ccccc1. The van der Waals surface area contributed by atoms with Crippen molar-refractivity contribution in [2.75, 3.05) is 0 Å². The summed E-state index contributed by atoms with van der Waals surface area (Å²) in [6.07, 6.45) is 3.42. The Morgan fingerprint density at radius 1 is 1.09 bits per heavy atom. The lowest BCUT2D eigenvalue weighted by atomic mass is 10.1. The Bertz CT molecular complexity index is 654. The van der Waals surface area contributed by atoms with E-state index in [2.05, 4.69) is 18.7 Å². The summed E-state index contributed by atoms with van der Waals surface area (Å²) in [7, 11) is 0. The van der Waals surface area contributed by atoms with Crippen LogP contribution in [0.15, 0.2) is 73.3 Å². The molecule has 0 bridgehead atoms. The fourth-order valence-corrected chi connectivity index (χ4v) is 3.13. The van der Waals surface area contributed by atoms with E-state index in [4.69, 9.17) is 4.74 Å². The molecule has 23 heavy (non-hydrogen) atoms. The van der Waals surface area contributed by atoms with E-state index in [0.29, 0.717) is 6.61 Å². The zero-order valence-electron chi connectivity index (χ0n) is 13.1. The summed E-state index contributed by atoms with van der Waals surface area (Å²) in [6.45, 7) is 4.17. The van der Waals surface area contributed by atoms with Gasteiger partial charge in [-0.3, -0.25) is 4.90 Å². The Kier molecular flexibility index (Phi) is 4.77. The Hall–Kier alpha value is -2.55. The molecule has 1 amide bonds. The monoisotopic (exact) mass is 307 g/mol. The van der Waals surface area contributed by atoms with Gasteiger partial charge in [0.15, 0.2) is 0 Å². The van der Waals surface area contributed by atoms with Gasteiger partial charge in [0.1, 0.15) is 6.61 Å². The van der Waals surface area contributed by atoms with Crippen LogP contribution in [0.1, 0.15) is 30.0 Å². The predicted octanol–water partition coefficient (Wildman–Crippen LogP) is 4.71. The summed E-state index contributed by atoms with van der Waals surface area (Å²) >= 11 is 0. The lowest BCUT2D eigenvalue weighted by Crippen LogP contribution is -2.36. The molecule has 0 aromatic heterocycles. The Morgan fingerprint density at radius 3 is 2.39 bits per heavy atom. The van der Waals surface area contributed by atoms with Crippen molar-refractivity contribution >= 4 is 6.09 Å². The largest absolute Gasteiger partial charge is 0.445 e. The number of benzene rings is 2. The highest BCUT2D eigenvalue weighted by Crippen LogP contribution is 2.37. The van der Waals surface area contributed by atoms with Crippen molar-refractivity contribution in [2.24, 2.45) is 0 Å². The first-order valence-corrected chi connectivity index (χ1v) is 7.96. The standard InChI is InChI=1S/C20H21NO2/c1-2-18-13-14-19(17-11-7-4-8-12-17)21(18)20(22)23-15-16-9-5-3-6-10-16/h2-12,18-19H,1,13-15H2/t18-,19+/m0/s1. The van der Waals surface area contributed by atoms with Crippen LogP contribution >= 0.6 is 0 Å². The molecule has 0 saturated carbocycles. The van der Waals surface area contributed by atoms with E-state index in [-0.39, 0.29) is 18.2 Å². The molecule has 1 aliphatic rings. The Balaban J connectivity index is 1.73. The first kappa shape index (κ1) is 15.3. The third kappa shape index (κ3) is 3.45. The fraction of sp³-hybridized carbons (Fsp3) is 0.250. The molecule has 3 nitrogen and oxygen atoms in total. The lowest BCUT2D eigenvalue weighted by molar-refractivity contribution is 0.0842. The van der Waals surface area contributed by atoms with Crippen molar-refractivity contribution in [1.82, 2.24) is 4.90 Å². The molecule has 2 aromatic carbocycles. The zero-order valence-corrected chi connectivity index (χ0v) is 13.1. The maximum absolute atomic E-state index is 12.6.